The molecule has 2 aromatic rings. The van der Waals surface area contributed by atoms with Gasteiger partial charge in [-0.2, -0.15) is 0 Å². The molecule has 0 radical (unpaired) electrons. The number of aromatic nitrogens is 2. The number of hydrogen-bond acceptors (Lipinski definition) is 5. The number of nitrogens with one attached hydrogen (secondary N) is 1. The van der Waals surface area contributed by atoms with Gasteiger partial charge >= 0.3 is 0 Å². The van der Waals surface area contributed by atoms with E-state index in [4.69, 9.17) is 4.74 Å². The summed E-state index contributed by atoms with van der Waals surface area (Å²) in [7, 11) is 1.67. The maximum atomic E-state index is 12.2. The van der Waals surface area contributed by atoms with Crippen LogP contribution in [0.2, 0.25) is 0 Å². The molecule has 3 rings (SSSR count). The molecule has 1 heterocycles. The Hall–Kier alpha value is -1.95. The molecule has 6 heteroatoms. The van der Waals surface area contributed by atoms with Crippen LogP contribution in [0.1, 0.15) is 27.9 Å². The predicted molar refractivity (Wildman–Crippen MR) is 85.2 cm³/mol. The highest BCUT2D eigenvalue weighted by atomic mass is 32.1. The van der Waals surface area contributed by atoms with E-state index in [0.717, 1.165) is 34.2 Å². The molecule has 1 aromatic heterocycles. The molecule has 1 aliphatic carbocycles. The van der Waals surface area contributed by atoms with Gasteiger partial charge in [0.15, 0.2) is 0 Å². The lowest BCUT2D eigenvalue weighted by molar-refractivity contribution is -0.122. The van der Waals surface area contributed by atoms with E-state index in [1.807, 2.05) is 31.2 Å². The van der Waals surface area contributed by atoms with Gasteiger partial charge in [0.05, 0.1) is 7.11 Å². The lowest BCUT2D eigenvalue weighted by atomic mass is 10.1. The standard InChI is InChI=1S/C16H19N3O2S/c1-10-18-19-15(22-10)7-8-17-16(20)13-9-12(13)11-5-3-4-6-14(11)21-2/h3-6,12-13H,7-9H2,1-2H3,(H,17,20)/t12-,13+/m0/s1. The van der Waals surface area contributed by atoms with Crippen molar-refractivity contribution in [2.24, 2.45) is 5.92 Å². The van der Waals surface area contributed by atoms with E-state index in [1.54, 1.807) is 18.4 Å². The number of carbonyl (C=O) groups excluding carboxylic acids is 1. The van der Waals surface area contributed by atoms with Gasteiger partial charge in [-0.15, -0.1) is 21.5 Å². The maximum absolute atomic E-state index is 12.2. The number of aryl methyl sites for hydroxylation is 1. The van der Waals surface area contributed by atoms with Crippen LogP contribution in [0.5, 0.6) is 5.75 Å². The van der Waals surface area contributed by atoms with Crippen molar-refractivity contribution in [3.05, 3.63) is 39.8 Å². The number of hydrogen-bond donors (Lipinski definition) is 1. The van der Waals surface area contributed by atoms with Crippen LogP contribution in [0.4, 0.5) is 0 Å². The Kier molecular flexibility index (Phi) is 4.38. The van der Waals surface area contributed by atoms with Gasteiger partial charge in [-0.1, -0.05) is 18.2 Å². The van der Waals surface area contributed by atoms with Gasteiger partial charge in [0.1, 0.15) is 15.8 Å². The monoisotopic (exact) mass is 317 g/mol. The Labute approximate surface area is 133 Å². The lowest BCUT2D eigenvalue weighted by Gasteiger charge is -2.08. The Bertz CT molecular complexity index is 671. The zero-order valence-electron chi connectivity index (χ0n) is 12.7. The van der Waals surface area contributed by atoms with Crippen LogP contribution in [0.25, 0.3) is 0 Å². The van der Waals surface area contributed by atoms with Crippen molar-refractivity contribution in [1.82, 2.24) is 15.5 Å². The predicted octanol–water partition coefficient (Wildman–Crippen LogP) is 2.32. The molecule has 1 N–H and O–H groups in total. The van der Waals surface area contributed by atoms with Gasteiger partial charge in [0.25, 0.3) is 0 Å². The van der Waals surface area contributed by atoms with E-state index in [0.29, 0.717) is 6.54 Å². The molecule has 1 aromatic carbocycles. The molecular weight excluding hydrogens is 298 g/mol. The number of methoxy groups -OCH3 is 1. The Morgan fingerprint density at radius 1 is 1.41 bits per heavy atom. The van der Waals surface area contributed by atoms with Crippen molar-refractivity contribution in [3.63, 3.8) is 0 Å². The fourth-order valence-electron chi connectivity index (χ4n) is 2.66. The van der Waals surface area contributed by atoms with Crippen molar-refractivity contribution in [3.8, 4) is 5.75 Å². The third kappa shape index (κ3) is 3.27. The molecule has 0 aliphatic heterocycles. The minimum Gasteiger partial charge on any atom is -0.496 e. The summed E-state index contributed by atoms with van der Waals surface area (Å²) in [5.41, 5.74) is 1.13. The van der Waals surface area contributed by atoms with E-state index >= 15 is 0 Å². The van der Waals surface area contributed by atoms with E-state index in [9.17, 15) is 4.79 Å². The first-order valence-electron chi connectivity index (χ1n) is 7.38. The van der Waals surface area contributed by atoms with E-state index < -0.39 is 0 Å². The molecule has 1 amide bonds. The van der Waals surface area contributed by atoms with Gasteiger partial charge in [-0.05, 0) is 30.9 Å². The zero-order valence-corrected chi connectivity index (χ0v) is 13.5. The summed E-state index contributed by atoms with van der Waals surface area (Å²) in [4.78, 5) is 12.2. The third-order valence-electron chi connectivity index (χ3n) is 3.87. The minimum absolute atomic E-state index is 0.0625. The molecule has 1 aliphatic rings. The topological polar surface area (TPSA) is 64.1 Å². The van der Waals surface area contributed by atoms with Crippen LogP contribution < -0.4 is 10.1 Å². The molecule has 0 bridgehead atoms. The molecule has 0 saturated heterocycles. The Morgan fingerprint density at radius 2 is 2.23 bits per heavy atom. The first-order chi connectivity index (χ1) is 10.7. The van der Waals surface area contributed by atoms with Crippen molar-refractivity contribution in [1.29, 1.82) is 0 Å². The molecular formula is C16H19N3O2S. The van der Waals surface area contributed by atoms with Crippen LogP contribution in [-0.4, -0.2) is 29.8 Å². The number of carbonyl (C=O) groups is 1. The highest BCUT2D eigenvalue weighted by Gasteiger charge is 2.45. The summed E-state index contributed by atoms with van der Waals surface area (Å²) in [5, 5.41) is 13.0. The van der Waals surface area contributed by atoms with Crippen LogP contribution in [0.3, 0.4) is 0 Å². The highest BCUT2D eigenvalue weighted by Crippen LogP contribution is 2.50. The molecule has 1 saturated carbocycles. The Morgan fingerprint density at radius 3 is 2.95 bits per heavy atom. The first-order valence-corrected chi connectivity index (χ1v) is 8.20. The fourth-order valence-corrected chi connectivity index (χ4v) is 3.37. The maximum Gasteiger partial charge on any atom is 0.223 e. The van der Waals surface area contributed by atoms with Crippen molar-refractivity contribution in [2.75, 3.05) is 13.7 Å². The summed E-state index contributed by atoms with van der Waals surface area (Å²) in [6, 6.07) is 7.92. The number of rotatable bonds is 6. The number of benzene rings is 1. The second kappa shape index (κ2) is 6.44. The summed E-state index contributed by atoms with van der Waals surface area (Å²) in [6.07, 6.45) is 1.63. The Balaban J connectivity index is 1.50. The summed E-state index contributed by atoms with van der Waals surface area (Å²) < 4.78 is 5.37. The molecule has 5 nitrogen and oxygen atoms in total. The largest absolute Gasteiger partial charge is 0.496 e. The zero-order chi connectivity index (χ0) is 15.5. The number of para-hydroxylation sites is 1. The van der Waals surface area contributed by atoms with Gasteiger partial charge in [-0.25, -0.2) is 0 Å². The summed E-state index contributed by atoms with van der Waals surface area (Å²) in [6.45, 7) is 2.55. The normalized spacial score (nSPS) is 19.7. The fraction of sp³-hybridized carbons (Fsp3) is 0.438. The SMILES string of the molecule is COc1ccccc1[C@@H]1C[C@H]1C(=O)NCCc1nnc(C)s1. The van der Waals surface area contributed by atoms with E-state index in [1.165, 1.54) is 0 Å². The first kappa shape index (κ1) is 15.0. The van der Waals surface area contributed by atoms with Crippen LogP contribution in [0, 0.1) is 12.8 Å². The number of amides is 1. The van der Waals surface area contributed by atoms with Crippen LogP contribution in [0.15, 0.2) is 24.3 Å². The summed E-state index contributed by atoms with van der Waals surface area (Å²) in [5.74, 6) is 1.33. The lowest BCUT2D eigenvalue weighted by Crippen LogP contribution is -2.27. The second-order valence-electron chi connectivity index (χ2n) is 5.45. The quantitative estimate of drug-likeness (QED) is 0.888. The minimum atomic E-state index is 0.0625. The summed E-state index contributed by atoms with van der Waals surface area (Å²) >= 11 is 1.58. The van der Waals surface area contributed by atoms with Crippen molar-refractivity contribution in [2.45, 2.75) is 25.7 Å². The van der Waals surface area contributed by atoms with Gasteiger partial charge in [-0.3, -0.25) is 4.79 Å². The number of ether oxygens (including phenoxy) is 1. The molecule has 22 heavy (non-hydrogen) atoms. The smallest absolute Gasteiger partial charge is 0.223 e. The average molecular weight is 317 g/mol. The third-order valence-corrected chi connectivity index (χ3v) is 4.77. The molecule has 0 spiro atoms. The second-order valence-corrected chi connectivity index (χ2v) is 6.71. The molecule has 2 atom stereocenters. The highest BCUT2D eigenvalue weighted by molar-refractivity contribution is 7.11. The average Bonchev–Trinajstić information content (AvgIpc) is 3.23. The van der Waals surface area contributed by atoms with E-state index in [2.05, 4.69) is 15.5 Å². The van der Waals surface area contributed by atoms with Gasteiger partial charge in [0, 0.05) is 18.9 Å². The van der Waals surface area contributed by atoms with Crippen molar-refractivity contribution < 1.29 is 9.53 Å². The molecule has 0 unspecified atom stereocenters. The number of nitrogens with zero attached hydrogens (tertiary/aromatic N) is 2. The molecule has 1 fully saturated rings. The van der Waals surface area contributed by atoms with Crippen LogP contribution >= 0.6 is 11.3 Å². The van der Waals surface area contributed by atoms with Crippen molar-refractivity contribution >= 4 is 17.2 Å². The van der Waals surface area contributed by atoms with Crippen LogP contribution in [-0.2, 0) is 11.2 Å². The van der Waals surface area contributed by atoms with E-state index in [-0.39, 0.29) is 17.7 Å². The van der Waals surface area contributed by atoms with Gasteiger partial charge < -0.3 is 10.1 Å². The van der Waals surface area contributed by atoms with Gasteiger partial charge in [0.2, 0.25) is 5.91 Å². The molecule has 116 valence electrons.